The van der Waals surface area contributed by atoms with Crippen molar-refractivity contribution in [1.29, 1.82) is 10.5 Å². The molecular formula is C45H32N4. The van der Waals surface area contributed by atoms with Gasteiger partial charge in [-0.25, -0.2) is 0 Å². The Labute approximate surface area is 286 Å². The van der Waals surface area contributed by atoms with Gasteiger partial charge in [0.25, 0.3) is 0 Å². The van der Waals surface area contributed by atoms with E-state index in [0.29, 0.717) is 11.1 Å². The molecule has 0 fully saturated rings. The van der Waals surface area contributed by atoms with Crippen LogP contribution in [0.1, 0.15) is 47.4 Å². The van der Waals surface area contributed by atoms with Gasteiger partial charge >= 0.3 is 0 Å². The predicted octanol–water partition coefficient (Wildman–Crippen LogP) is 10.6. The quantitative estimate of drug-likeness (QED) is 0.195. The zero-order chi connectivity index (χ0) is 33.1. The van der Waals surface area contributed by atoms with Crippen LogP contribution in [0.3, 0.4) is 0 Å². The monoisotopic (exact) mass is 628 g/mol. The van der Waals surface area contributed by atoms with Gasteiger partial charge < -0.3 is 9.47 Å². The molecule has 0 amide bonds. The molecular weight excluding hydrogens is 597 g/mol. The van der Waals surface area contributed by atoms with Crippen molar-refractivity contribution in [1.82, 2.24) is 4.57 Å². The molecule has 0 saturated heterocycles. The van der Waals surface area contributed by atoms with E-state index in [4.69, 9.17) is 0 Å². The summed E-state index contributed by atoms with van der Waals surface area (Å²) < 4.78 is 2.41. The van der Waals surface area contributed by atoms with Gasteiger partial charge in [0.1, 0.15) is 0 Å². The molecule has 3 atom stereocenters. The lowest BCUT2D eigenvalue weighted by Gasteiger charge is -2.41. The van der Waals surface area contributed by atoms with E-state index in [1.54, 1.807) is 0 Å². The van der Waals surface area contributed by atoms with E-state index in [-0.39, 0.29) is 17.4 Å². The van der Waals surface area contributed by atoms with Crippen molar-refractivity contribution in [3.05, 3.63) is 180 Å². The van der Waals surface area contributed by atoms with Crippen LogP contribution in [0.15, 0.2) is 157 Å². The Kier molecular flexibility index (Phi) is 6.54. The standard InChI is InChI=1S/C45H32N4/c1-45-22-9-8-17-41(45)39-16-5-7-19-44(39)49(45)35-26-33(37-14-3-2-13-36(37)32-12-10-11-30(23-32)28-46)25-34(27-35)48-42-18-6-4-15-38(42)40-24-31(29-47)20-21-43(40)48/h2-24,26-27,33,41H,25H2,1H3. The van der Waals surface area contributed by atoms with Gasteiger partial charge in [-0.3, -0.25) is 0 Å². The molecule has 0 spiro atoms. The second-order valence-corrected chi connectivity index (χ2v) is 13.4. The van der Waals surface area contributed by atoms with Crippen LogP contribution in [0.5, 0.6) is 0 Å². The minimum absolute atomic E-state index is 0.0458. The molecule has 2 heterocycles. The Bertz CT molecular complexity index is 2550. The van der Waals surface area contributed by atoms with Crippen molar-refractivity contribution >= 4 is 33.2 Å². The fraction of sp³-hybridized carbons (Fsp3) is 0.111. The maximum Gasteiger partial charge on any atom is 0.0991 e. The van der Waals surface area contributed by atoms with Gasteiger partial charge in [0.05, 0.1) is 39.8 Å². The summed E-state index contributed by atoms with van der Waals surface area (Å²) in [4.78, 5) is 2.54. The minimum Gasteiger partial charge on any atom is -0.331 e. The summed E-state index contributed by atoms with van der Waals surface area (Å²) in [6, 6.07) is 44.6. The molecule has 4 nitrogen and oxygen atoms in total. The second-order valence-electron chi connectivity index (χ2n) is 13.4. The number of allylic oxidation sites excluding steroid dienone is 5. The van der Waals surface area contributed by atoms with Gasteiger partial charge in [0, 0.05) is 39.7 Å². The normalized spacial score (nSPS) is 20.8. The van der Waals surface area contributed by atoms with Crippen LogP contribution in [-0.2, 0) is 0 Å². The van der Waals surface area contributed by atoms with Gasteiger partial charge in [0.2, 0.25) is 0 Å². The highest BCUT2D eigenvalue weighted by Crippen LogP contribution is 2.54. The van der Waals surface area contributed by atoms with E-state index in [9.17, 15) is 10.5 Å². The molecule has 4 heteroatoms. The zero-order valence-electron chi connectivity index (χ0n) is 27.1. The van der Waals surface area contributed by atoms with E-state index in [1.807, 2.05) is 30.3 Å². The molecule has 232 valence electrons. The molecule has 0 saturated carbocycles. The Morgan fingerprint density at radius 2 is 1.47 bits per heavy atom. The first-order valence-electron chi connectivity index (χ1n) is 16.8. The van der Waals surface area contributed by atoms with Crippen LogP contribution >= 0.6 is 0 Å². The molecule has 1 aliphatic heterocycles. The van der Waals surface area contributed by atoms with E-state index >= 15 is 0 Å². The zero-order valence-corrected chi connectivity index (χ0v) is 27.1. The highest BCUT2D eigenvalue weighted by Gasteiger charge is 2.47. The summed E-state index contributed by atoms with van der Waals surface area (Å²) in [5.41, 5.74) is 11.6. The molecule has 49 heavy (non-hydrogen) atoms. The maximum atomic E-state index is 9.78. The van der Waals surface area contributed by atoms with E-state index < -0.39 is 0 Å². The fourth-order valence-electron chi connectivity index (χ4n) is 8.44. The summed E-state index contributed by atoms with van der Waals surface area (Å²) in [5.74, 6) is 0.273. The largest absolute Gasteiger partial charge is 0.331 e. The summed E-state index contributed by atoms with van der Waals surface area (Å²) in [5, 5.41) is 21.7. The highest BCUT2D eigenvalue weighted by atomic mass is 15.2. The fourth-order valence-corrected chi connectivity index (χ4v) is 8.44. The van der Waals surface area contributed by atoms with Crippen LogP contribution in [0.2, 0.25) is 0 Å². The first-order chi connectivity index (χ1) is 24.1. The topological polar surface area (TPSA) is 55.8 Å². The first kappa shape index (κ1) is 28.8. The van der Waals surface area contributed by atoms with E-state index in [0.717, 1.165) is 45.1 Å². The summed E-state index contributed by atoms with van der Waals surface area (Å²) in [7, 11) is 0. The average molecular weight is 629 g/mol. The molecule has 6 aromatic rings. The van der Waals surface area contributed by atoms with Gasteiger partial charge in [-0.05, 0) is 84.1 Å². The van der Waals surface area contributed by atoms with Crippen LogP contribution in [0, 0.1) is 22.7 Å². The number of rotatable bonds is 4. The molecule has 2 aliphatic carbocycles. The van der Waals surface area contributed by atoms with Crippen LogP contribution < -0.4 is 4.90 Å². The van der Waals surface area contributed by atoms with Crippen molar-refractivity contribution in [3.63, 3.8) is 0 Å². The van der Waals surface area contributed by atoms with Gasteiger partial charge in [-0.15, -0.1) is 0 Å². The number of fused-ring (bicyclic) bond motifs is 6. The number of hydrogen-bond acceptors (Lipinski definition) is 3. The summed E-state index contributed by atoms with van der Waals surface area (Å²) in [6.07, 6.45) is 14.6. The molecule has 5 aromatic carbocycles. The Hall–Kier alpha value is -6.36. The molecule has 0 N–H and O–H groups in total. The lowest BCUT2D eigenvalue weighted by atomic mass is 9.79. The predicted molar refractivity (Wildman–Crippen MR) is 199 cm³/mol. The molecule has 0 radical (unpaired) electrons. The summed E-state index contributed by atoms with van der Waals surface area (Å²) in [6.45, 7) is 2.35. The maximum absolute atomic E-state index is 9.78. The lowest BCUT2D eigenvalue weighted by molar-refractivity contribution is 0.529. The Balaban J connectivity index is 1.30. The smallest absolute Gasteiger partial charge is 0.0991 e. The van der Waals surface area contributed by atoms with E-state index in [2.05, 4.69) is 150 Å². The number of anilines is 1. The van der Waals surface area contributed by atoms with Crippen LogP contribution in [-0.4, -0.2) is 10.1 Å². The molecule has 9 rings (SSSR count). The number of para-hydroxylation sites is 2. The van der Waals surface area contributed by atoms with Crippen molar-refractivity contribution in [2.75, 3.05) is 4.90 Å². The Morgan fingerprint density at radius 3 is 2.35 bits per heavy atom. The first-order valence-corrected chi connectivity index (χ1v) is 16.8. The molecule has 3 unspecified atom stereocenters. The van der Waals surface area contributed by atoms with Crippen molar-refractivity contribution in [2.45, 2.75) is 30.7 Å². The van der Waals surface area contributed by atoms with Gasteiger partial charge in [0.15, 0.2) is 0 Å². The number of nitrogens with zero attached hydrogens (tertiary/aromatic N) is 4. The average Bonchev–Trinajstić information content (AvgIpc) is 3.63. The minimum atomic E-state index is -0.281. The number of benzene rings is 5. The summed E-state index contributed by atoms with van der Waals surface area (Å²) >= 11 is 0. The number of aromatic nitrogens is 1. The van der Waals surface area contributed by atoms with Gasteiger partial charge in [-0.2, -0.15) is 10.5 Å². The van der Waals surface area contributed by atoms with Crippen molar-refractivity contribution < 1.29 is 0 Å². The van der Waals surface area contributed by atoms with Crippen molar-refractivity contribution in [3.8, 4) is 23.3 Å². The van der Waals surface area contributed by atoms with Crippen LogP contribution in [0.25, 0.3) is 38.6 Å². The third-order valence-electron chi connectivity index (χ3n) is 10.6. The second kappa shape index (κ2) is 11.1. The molecule has 1 aromatic heterocycles. The Morgan fingerprint density at radius 1 is 0.714 bits per heavy atom. The lowest BCUT2D eigenvalue weighted by Crippen LogP contribution is -2.44. The highest BCUT2D eigenvalue weighted by molar-refractivity contribution is 6.10. The third kappa shape index (κ3) is 4.42. The van der Waals surface area contributed by atoms with Gasteiger partial charge in [-0.1, -0.05) is 103 Å². The van der Waals surface area contributed by atoms with Crippen molar-refractivity contribution in [2.24, 2.45) is 0 Å². The SMILES string of the molecule is CC12C=CC=CC1c1ccccc1N2C1=CC(c2ccccc2-c2cccc(C#N)c2)CC(n2c3ccccc3c3cc(C#N)ccc32)=C1. The molecule has 3 aliphatic rings. The number of nitriles is 2. The molecule has 0 bridgehead atoms. The van der Waals surface area contributed by atoms with Crippen LogP contribution in [0.4, 0.5) is 5.69 Å². The number of hydrogen-bond donors (Lipinski definition) is 0. The van der Waals surface area contributed by atoms with E-state index in [1.165, 1.54) is 22.5 Å². The third-order valence-corrected chi connectivity index (χ3v) is 10.6.